The van der Waals surface area contributed by atoms with Crippen molar-refractivity contribution in [1.29, 1.82) is 0 Å². The number of nitrogens with one attached hydrogen (secondary N) is 1. The van der Waals surface area contributed by atoms with Crippen LogP contribution >= 0.6 is 11.8 Å². The number of carbonyl (C=O) groups excluding carboxylic acids is 4. The molecular formula is C23H25NO5S. The predicted octanol–water partition coefficient (Wildman–Crippen LogP) is 3.52. The monoisotopic (exact) mass is 427 g/mol. The minimum absolute atomic E-state index is 0.00524. The van der Waals surface area contributed by atoms with Crippen molar-refractivity contribution in [3.63, 3.8) is 0 Å². The third kappa shape index (κ3) is 5.55. The topological polar surface area (TPSA) is 89.5 Å². The molecule has 1 fully saturated rings. The minimum Gasteiger partial charge on any atom is -0.392 e. The molecule has 2 aromatic rings. The van der Waals surface area contributed by atoms with Crippen molar-refractivity contribution < 1.29 is 23.9 Å². The molecule has 0 aromatic heterocycles. The summed E-state index contributed by atoms with van der Waals surface area (Å²) in [6, 6.07) is 12.7. The van der Waals surface area contributed by atoms with E-state index < -0.39 is 29.1 Å². The quantitative estimate of drug-likeness (QED) is 0.411. The third-order valence-corrected chi connectivity index (χ3v) is 6.46. The molecule has 0 radical (unpaired) electrons. The zero-order valence-corrected chi connectivity index (χ0v) is 17.9. The fourth-order valence-corrected chi connectivity index (χ4v) is 4.47. The second-order valence-corrected chi connectivity index (χ2v) is 8.93. The fraction of sp³-hybridized carbons (Fsp3) is 0.391. The number of rotatable bonds is 7. The number of ether oxygens (including phenoxy) is 1. The van der Waals surface area contributed by atoms with Gasteiger partial charge in [0.05, 0.1) is 5.92 Å². The van der Waals surface area contributed by atoms with Crippen molar-refractivity contribution in [3.8, 4) is 0 Å². The van der Waals surface area contributed by atoms with Gasteiger partial charge in [0.1, 0.15) is 6.04 Å². The molecule has 158 valence electrons. The van der Waals surface area contributed by atoms with Gasteiger partial charge in [-0.05, 0) is 36.2 Å². The molecule has 0 saturated carbocycles. The Balaban J connectivity index is 1.70. The van der Waals surface area contributed by atoms with E-state index in [-0.39, 0.29) is 17.3 Å². The van der Waals surface area contributed by atoms with E-state index in [4.69, 9.17) is 4.74 Å². The normalized spacial score (nSPS) is 18.0. The number of hydrogen-bond donors (Lipinski definition) is 1. The molecule has 1 aliphatic rings. The van der Waals surface area contributed by atoms with E-state index in [1.807, 2.05) is 36.4 Å². The lowest BCUT2D eigenvalue weighted by Gasteiger charge is -2.21. The predicted molar refractivity (Wildman–Crippen MR) is 116 cm³/mol. The summed E-state index contributed by atoms with van der Waals surface area (Å²) in [5.74, 6) is -2.26. The van der Waals surface area contributed by atoms with Crippen molar-refractivity contribution in [3.05, 3.63) is 48.0 Å². The lowest BCUT2D eigenvalue weighted by Crippen LogP contribution is -2.37. The molecule has 2 aromatic carbocycles. The largest absolute Gasteiger partial charge is 0.392 e. The molecule has 1 saturated heterocycles. The number of Topliss-reactive ketones (excluding diaryl/α,β-unsaturated/α-hetero) is 1. The van der Waals surface area contributed by atoms with Crippen LogP contribution in [0.15, 0.2) is 42.5 Å². The van der Waals surface area contributed by atoms with E-state index in [1.165, 1.54) is 6.92 Å². The highest BCUT2D eigenvalue weighted by atomic mass is 32.2. The molecule has 1 aliphatic heterocycles. The Morgan fingerprint density at radius 2 is 1.87 bits per heavy atom. The summed E-state index contributed by atoms with van der Waals surface area (Å²) < 4.78 is 5.03. The number of hydrogen-bond acceptors (Lipinski definition) is 7. The maximum atomic E-state index is 12.9. The van der Waals surface area contributed by atoms with Gasteiger partial charge in [-0.1, -0.05) is 55.1 Å². The summed E-state index contributed by atoms with van der Waals surface area (Å²) in [6.45, 7) is 3.70. The van der Waals surface area contributed by atoms with Gasteiger partial charge in [-0.25, -0.2) is 4.79 Å². The molecule has 2 unspecified atom stereocenters. The lowest BCUT2D eigenvalue weighted by atomic mass is 9.97. The lowest BCUT2D eigenvalue weighted by molar-refractivity contribution is -0.163. The van der Waals surface area contributed by atoms with E-state index in [0.29, 0.717) is 18.5 Å². The van der Waals surface area contributed by atoms with Crippen LogP contribution in [0.1, 0.15) is 43.5 Å². The van der Waals surface area contributed by atoms with Crippen LogP contribution in [0, 0.1) is 5.92 Å². The summed E-state index contributed by atoms with van der Waals surface area (Å²) in [7, 11) is 0. The van der Waals surface area contributed by atoms with E-state index >= 15 is 0 Å². The van der Waals surface area contributed by atoms with Gasteiger partial charge in [-0.3, -0.25) is 14.4 Å². The van der Waals surface area contributed by atoms with Crippen LogP contribution in [0.2, 0.25) is 0 Å². The van der Waals surface area contributed by atoms with Crippen LogP contribution in [-0.4, -0.2) is 40.7 Å². The first kappa shape index (κ1) is 22.2. The zero-order chi connectivity index (χ0) is 21.7. The smallest absolute Gasteiger partial charge is 0.330 e. The molecule has 0 bridgehead atoms. The van der Waals surface area contributed by atoms with Crippen LogP contribution in [0.5, 0.6) is 0 Å². The molecule has 3 rings (SSSR count). The Hall–Kier alpha value is -2.51. The summed E-state index contributed by atoms with van der Waals surface area (Å²) in [4.78, 5) is 49.3. The second-order valence-electron chi connectivity index (χ2n) is 7.51. The van der Waals surface area contributed by atoms with Crippen LogP contribution in [0.4, 0.5) is 0 Å². The molecule has 3 atom stereocenters. The van der Waals surface area contributed by atoms with Crippen LogP contribution < -0.4 is 5.32 Å². The van der Waals surface area contributed by atoms with Crippen LogP contribution in [0.3, 0.4) is 0 Å². The highest BCUT2D eigenvalue weighted by molar-refractivity contribution is 8.14. The van der Waals surface area contributed by atoms with Crippen LogP contribution in [0.25, 0.3) is 10.8 Å². The Morgan fingerprint density at radius 1 is 1.13 bits per heavy atom. The molecule has 6 nitrogen and oxygen atoms in total. The number of ketones is 1. The van der Waals surface area contributed by atoms with Crippen molar-refractivity contribution in [2.45, 2.75) is 44.4 Å². The van der Waals surface area contributed by atoms with Gasteiger partial charge in [-0.2, -0.15) is 0 Å². The highest BCUT2D eigenvalue weighted by Crippen LogP contribution is 2.27. The van der Waals surface area contributed by atoms with E-state index in [2.05, 4.69) is 5.32 Å². The highest BCUT2D eigenvalue weighted by Gasteiger charge is 2.33. The maximum absolute atomic E-state index is 12.9. The summed E-state index contributed by atoms with van der Waals surface area (Å²) in [6.07, 6.45) is 1.48. The van der Waals surface area contributed by atoms with Gasteiger partial charge in [0.15, 0.2) is 10.9 Å². The molecule has 0 spiro atoms. The van der Waals surface area contributed by atoms with Gasteiger partial charge >= 0.3 is 11.9 Å². The van der Waals surface area contributed by atoms with Gasteiger partial charge in [-0.15, -0.1) is 0 Å². The van der Waals surface area contributed by atoms with Crippen LogP contribution in [-0.2, 0) is 19.1 Å². The van der Waals surface area contributed by atoms with Crippen molar-refractivity contribution in [2.24, 2.45) is 5.92 Å². The average molecular weight is 428 g/mol. The fourth-order valence-electron chi connectivity index (χ4n) is 3.50. The zero-order valence-electron chi connectivity index (χ0n) is 17.1. The molecule has 1 heterocycles. The maximum Gasteiger partial charge on any atom is 0.330 e. The van der Waals surface area contributed by atoms with Gasteiger partial charge < -0.3 is 10.1 Å². The van der Waals surface area contributed by atoms with E-state index in [9.17, 15) is 19.2 Å². The Kier molecular flexibility index (Phi) is 7.39. The molecule has 1 N–H and O–H groups in total. The first-order chi connectivity index (χ1) is 14.3. The minimum atomic E-state index is -0.784. The summed E-state index contributed by atoms with van der Waals surface area (Å²) >= 11 is 0.934. The first-order valence-corrected chi connectivity index (χ1v) is 10.9. The molecule has 0 aliphatic carbocycles. The average Bonchev–Trinajstić information content (AvgIpc) is 3.27. The standard InChI is InChI=1S/C23H25NO5S/c1-14(22(27)29-23(28)19-8-5-11-24-19)21(30-15(2)25)13-20(26)18-10-9-16-6-3-4-7-17(16)12-18/h3-4,6-7,9-10,12,14,19,21,24H,5,8,11,13H2,1-2H3/t14?,19-,21?/m0/s1. The SMILES string of the molecule is CC(=O)SC(CC(=O)c1ccc2ccccc2c1)C(C)C(=O)OC(=O)[C@@H]1CCCN1. The number of fused-ring (bicyclic) bond motifs is 1. The molecular weight excluding hydrogens is 402 g/mol. The summed E-state index contributed by atoms with van der Waals surface area (Å²) in [5, 5.41) is 4.15. The number of carbonyl (C=O) groups is 4. The Labute approximate surface area is 179 Å². The van der Waals surface area contributed by atoms with E-state index in [1.54, 1.807) is 13.0 Å². The van der Waals surface area contributed by atoms with Crippen molar-refractivity contribution in [2.75, 3.05) is 6.54 Å². The first-order valence-electron chi connectivity index (χ1n) is 10.0. The third-order valence-electron chi connectivity index (χ3n) is 5.25. The molecule has 30 heavy (non-hydrogen) atoms. The second kappa shape index (κ2) is 10.00. The van der Waals surface area contributed by atoms with Gasteiger partial charge in [0.25, 0.3) is 0 Å². The molecule has 7 heteroatoms. The van der Waals surface area contributed by atoms with E-state index in [0.717, 1.165) is 29.0 Å². The number of benzene rings is 2. The van der Waals surface area contributed by atoms with Gasteiger partial charge in [0.2, 0.25) is 0 Å². The number of esters is 2. The van der Waals surface area contributed by atoms with Gasteiger partial charge in [0, 0.05) is 24.2 Å². The Morgan fingerprint density at radius 3 is 2.53 bits per heavy atom. The number of thioether (sulfide) groups is 1. The molecule has 0 amide bonds. The summed E-state index contributed by atoms with van der Waals surface area (Å²) in [5.41, 5.74) is 0.523. The van der Waals surface area contributed by atoms with Crippen molar-refractivity contribution in [1.82, 2.24) is 5.32 Å². The van der Waals surface area contributed by atoms with Crippen molar-refractivity contribution >= 4 is 45.4 Å². The Bertz CT molecular complexity index is 967.